The number of aliphatic hydroxyl groups is 1. The van der Waals surface area contributed by atoms with Gasteiger partial charge in [-0.1, -0.05) is 13.0 Å². The Labute approximate surface area is 238 Å². The first-order chi connectivity index (χ1) is 18.8. The number of ether oxygens (including phenoxy) is 1. The summed E-state index contributed by atoms with van der Waals surface area (Å²) in [6.45, 7) is 3.50. The molecule has 1 aliphatic heterocycles. The zero-order valence-electron chi connectivity index (χ0n) is 22.6. The van der Waals surface area contributed by atoms with Crippen LogP contribution in [0.25, 0.3) is 0 Å². The molecule has 0 saturated carbocycles. The van der Waals surface area contributed by atoms with Gasteiger partial charge >= 0.3 is 0 Å². The Morgan fingerprint density at radius 3 is 2.65 bits per heavy atom. The van der Waals surface area contributed by atoms with Crippen LogP contribution < -0.4 is 9.46 Å². The molecule has 2 N–H and O–H groups in total. The van der Waals surface area contributed by atoms with Gasteiger partial charge in [-0.15, -0.1) is 11.3 Å². The number of anilines is 1. The Morgan fingerprint density at radius 2 is 2.02 bits per heavy atom. The standard InChI is InChI=1S/C25H33N5O7S3/c1-17-12-30(18(2)15-31)24(32)11-19-10-20(27-39(33,34)25-6-5-9-38-25)7-8-21(19)37-22(17)13-29(4)40(35,36)23-14-28(3)16-26-23/h5-10,14,16-18,22,27,31H,11-13,15H2,1-4H3/t17-,18-,22+/m0/s1. The Morgan fingerprint density at radius 1 is 1.27 bits per heavy atom. The topological polar surface area (TPSA) is 151 Å². The van der Waals surface area contributed by atoms with E-state index >= 15 is 0 Å². The molecule has 2 aromatic heterocycles. The maximum absolute atomic E-state index is 13.4. The lowest BCUT2D eigenvalue weighted by atomic mass is 10.0. The number of hydrogen-bond donors (Lipinski definition) is 2. The first kappa shape index (κ1) is 30.0. The summed E-state index contributed by atoms with van der Waals surface area (Å²) >= 11 is 1.08. The fraction of sp³-hybridized carbons (Fsp3) is 0.440. The summed E-state index contributed by atoms with van der Waals surface area (Å²) < 4.78 is 63.7. The molecular formula is C25H33N5O7S3. The average Bonchev–Trinajstić information content (AvgIpc) is 3.60. The predicted octanol–water partition coefficient (Wildman–Crippen LogP) is 1.75. The maximum Gasteiger partial charge on any atom is 0.271 e. The van der Waals surface area contributed by atoms with Crippen molar-refractivity contribution >= 4 is 43.0 Å². The number of carbonyl (C=O) groups is 1. The Hall–Kier alpha value is -2.98. The Balaban J connectivity index is 1.68. The zero-order chi connectivity index (χ0) is 29.2. The zero-order valence-corrected chi connectivity index (χ0v) is 25.0. The van der Waals surface area contributed by atoms with Gasteiger partial charge in [0.2, 0.25) is 5.91 Å². The third-order valence-electron chi connectivity index (χ3n) is 6.72. The third kappa shape index (κ3) is 6.49. The van der Waals surface area contributed by atoms with E-state index in [-0.39, 0.29) is 52.9 Å². The van der Waals surface area contributed by atoms with E-state index < -0.39 is 32.2 Å². The fourth-order valence-electron chi connectivity index (χ4n) is 4.37. The van der Waals surface area contributed by atoms with Crippen molar-refractivity contribution in [2.75, 3.05) is 31.5 Å². The summed E-state index contributed by atoms with van der Waals surface area (Å²) in [4.78, 5) is 18.9. The number of carbonyl (C=O) groups excluding carboxylic acids is 1. The number of hydrogen-bond acceptors (Lipinski definition) is 9. The quantitative estimate of drug-likeness (QED) is 0.372. The summed E-state index contributed by atoms with van der Waals surface area (Å²) in [6.07, 6.45) is 2.03. The molecule has 0 aliphatic carbocycles. The monoisotopic (exact) mass is 611 g/mol. The highest BCUT2D eigenvalue weighted by Crippen LogP contribution is 2.31. The van der Waals surface area contributed by atoms with Crippen LogP contribution in [-0.2, 0) is 38.3 Å². The van der Waals surface area contributed by atoms with Crippen LogP contribution in [0.15, 0.2) is 57.5 Å². The Kier molecular flexibility index (Phi) is 8.89. The molecule has 0 radical (unpaired) electrons. The number of sulfonamides is 2. The number of imidazole rings is 1. The molecule has 0 saturated heterocycles. The second-order valence-corrected chi connectivity index (χ2v) is 14.8. The number of aryl methyl sites for hydroxylation is 1. The van der Waals surface area contributed by atoms with E-state index in [4.69, 9.17) is 4.74 Å². The predicted molar refractivity (Wildman–Crippen MR) is 150 cm³/mol. The third-order valence-corrected chi connectivity index (χ3v) is 11.2. The second kappa shape index (κ2) is 11.9. The number of thiophene rings is 1. The fourth-order valence-corrected chi connectivity index (χ4v) is 7.55. The molecule has 3 heterocycles. The molecule has 12 nitrogen and oxygen atoms in total. The number of aliphatic hydroxyl groups excluding tert-OH is 1. The molecule has 3 aromatic rings. The number of likely N-dealkylation sites (N-methyl/N-ethyl adjacent to an activating group) is 1. The van der Waals surface area contributed by atoms with E-state index in [9.17, 15) is 26.7 Å². The molecule has 1 aliphatic rings. The summed E-state index contributed by atoms with van der Waals surface area (Å²) in [5, 5.41) is 11.4. The summed E-state index contributed by atoms with van der Waals surface area (Å²) in [5.41, 5.74) is 0.685. The number of nitrogens with one attached hydrogen (secondary N) is 1. The molecule has 1 aromatic carbocycles. The number of benzene rings is 1. The van der Waals surface area contributed by atoms with E-state index in [1.54, 1.807) is 47.0 Å². The summed E-state index contributed by atoms with van der Waals surface area (Å²) in [5.74, 6) is -0.264. The number of amides is 1. The lowest BCUT2D eigenvalue weighted by Crippen LogP contribution is -2.48. The molecule has 0 bridgehead atoms. The van der Waals surface area contributed by atoms with Gasteiger partial charge in [-0.3, -0.25) is 9.52 Å². The van der Waals surface area contributed by atoms with Gasteiger partial charge < -0.3 is 19.3 Å². The summed E-state index contributed by atoms with van der Waals surface area (Å²) in [7, 11) is -4.62. The Bertz CT molecular complexity index is 1550. The molecule has 3 atom stereocenters. The van der Waals surface area contributed by atoms with Crippen molar-refractivity contribution in [1.82, 2.24) is 18.8 Å². The summed E-state index contributed by atoms with van der Waals surface area (Å²) in [6, 6.07) is 7.30. The number of rotatable bonds is 9. The van der Waals surface area contributed by atoms with Crippen LogP contribution in [0.1, 0.15) is 19.4 Å². The minimum Gasteiger partial charge on any atom is -0.488 e. The van der Waals surface area contributed by atoms with Crippen molar-refractivity contribution in [2.24, 2.45) is 13.0 Å². The van der Waals surface area contributed by atoms with E-state index in [0.717, 1.165) is 11.3 Å². The SMILES string of the molecule is C[C@H]1CN([C@@H](C)CO)C(=O)Cc2cc(NS(=O)(=O)c3cccs3)ccc2O[C@@H]1CN(C)S(=O)(=O)c1cn(C)cn1. The molecule has 4 rings (SSSR count). The van der Waals surface area contributed by atoms with E-state index in [1.165, 1.54) is 36.0 Å². The highest BCUT2D eigenvalue weighted by Gasteiger charge is 2.34. The number of fused-ring (bicyclic) bond motifs is 1. The van der Waals surface area contributed by atoms with Crippen LogP contribution in [0.2, 0.25) is 0 Å². The van der Waals surface area contributed by atoms with Crippen molar-refractivity contribution in [1.29, 1.82) is 0 Å². The van der Waals surface area contributed by atoms with E-state index in [0.29, 0.717) is 11.3 Å². The number of nitrogens with zero attached hydrogens (tertiary/aromatic N) is 4. The van der Waals surface area contributed by atoms with Gasteiger partial charge in [-0.25, -0.2) is 21.8 Å². The van der Waals surface area contributed by atoms with Gasteiger partial charge in [0.25, 0.3) is 20.0 Å². The van der Waals surface area contributed by atoms with Crippen molar-refractivity contribution in [3.05, 3.63) is 53.8 Å². The van der Waals surface area contributed by atoms with Crippen LogP contribution in [0, 0.1) is 5.92 Å². The van der Waals surface area contributed by atoms with Crippen molar-refractivity contribution in [3.63, 3.8) is 0 Å². The lowest BCUT2D eigenvalue weighted by molar-refractivity contribution is -0.134. The van der Waals surface area contributed by atoms with E-state index in [2.05, 4.69) is 9.71 Å². The van der Waals surface area contributed by atoms with Crippen molar-refractivity contribution < 1.29 is 31.5 Å². The van der Waals surface area contributed by atoms with Gasteiger partial charge in [0.1, 0.15) is 16.1 Å². The number of aromatic nitrogens is 2. The second-order valence-electron chi connectivity index (χ2n) is 9.91. The van der Waals surface area contributed by atoms with Crippen LogP contribution in [0.5, 0.6) is 5.75 Å². The first-order valence-corrected chi connectivity index (χ1v) is 16.3. The van der Waals surface area contributed by atoms with Gasteiger partial charge in [-0.2, -0.15) is 4.31 Å². The minimum absolute atomic E-state index is 0.0399. The van der Waals surface area contributed by atoms with Gasteiger partial charge in [0.15, 0.2) is 5.03 Å². The van der Waals surface area contributed by atoms with Crippen LogP contribution >= 0.6 is 11.3 Å². The van der Waals surface area contributed by atoms with Gasteiger partial charge in [0.05, 0.1) is 31.9 Å². The lowest BCUT2D eigenvalue weighted by Gasteiger charge is -2.33. The van der Waals surface area contributed by atoms with Crippen molar-refractivity contribution in [3.8, 4) is 5.75 Å². The van der Waals surface area contributed by atoms with Gasteiger partial charge in [-0.05, 0) is 36.6 Å². The highest BCUT2D eigenvalue weighted by molar-refractivity contribution is 7.94. The van der Waals surface area contributed by atoms with Crippen LogP contribution in [0.4, 0.5) is 5.69 Å². The molecule has 218 valence electrons. The van der Waals surface area contributed by atoms with Gasteiger partial charge in [0, 0.05) is 44.0 Å². The average molecular weight is 612 g/mol. The molecule has 40 heavy (non-hydrogen) atoms. The van der Waals surface area contributed by atoms with Crippen LogP contribution in [0.3, 0.4) is 0 Å². The molecule has 0 spiro atoms. The molecule has 0 fully saturated rings. The molecule has 15 heteroatoms. The van der Waals surface area contributed by atoms with Crippen molar-refractivity contribution in [2.45, 2.75) is 41.6 Å². The highest BCUT2D eigenvalue weighted by atomic mass is 32.2. The largest absolute Gasteiger partial charge is 0.488 e. The first-order valence-electron chi connectivity index (χ1n) is 12.5. The normalized spacial score (nSPS) is 19.4. The maximum atomic E-state index is 13.4. The molecular weight excluding hydrogens is 579 g/mol. The molecule has 1 amide bonds. The minimum atomic E-state index is -3.92. The molecule has 0 unspecified atom stereocenters. The van der Waals surface area contributed by atoms with E-state index in [1.807, 2.05) is 6.92 Å². The van der Waals surface area contributed by atoms with Crippen LogP contribution in [-0.4, -0.2) is 85.5 Å². The smallest absolute Gasteiger partial charge is 0.271 e.